The second-order valence-electron chi connectivity index (χ2n) is 2.27. The minimum Gasteiger partial charge on any atom is -0.275 e. The number of carbonyl (C=O) groups excluding carboxylic acids is 1. The van der Waals surface area contributed by atoms with Crippen LogP contribution in [0, 0.1) is 0 Å². The number of carbonyl (C=O) groups is 1. The summed E-state index contributed by atoms with van der Waals surface area (Å²) in [6.07, 6.45) is -2.83. The molecular formula is C7H2BrCl2F2NO. The summed E-state index contributed by atoms with van der Waals surface area (Å²) >= 11 is 13.4. The standard InChI is InChI=1S/C7H2BrCl2F2NO/c8-5-4(6(10)14)2(7(11)12)1-3(9)13-5/h1,7H. The van der Waals surface area contributed by atoms with Crippen molar-refractivity contribution in [3.05, 3.63) is 26.9 Å². The van der Waals surface area contributed by atoms with Crippen molar-refractivity contribution in [2.24, 2.45) is 0 Å². The van der Waals surface area contributed by atoms with Crippen LogP contribution in [0.2, 0.25) is 5.15 Å². The minimum atomic E-state index is -2.83. The molecule has 7 heteroatoms. The molecule has 14 heavy (non-hydrogen) atoms. The van der Waals surface area contributed by atoms with Crippen molar-refractivity contribution < 1.29 is 13.6 Å². The fourth-order valence-electron chi connectivity index (χ4n) is 0.868. The molecule has 1 aromatic heterocycles. The first kappa shape index (κ1) is 11.8. The summed E-state index contributed by atoms with van der Waals surface area (Å²) in [6, 6.07) is 0.909. The molecule has 0 fully saturated rings. The van der Waals surface area contributed by atoms with E-state index in [0.29, 0.717) is 0 Å². The summed E-state index contributed by atoms with van der Waals surface area (Å²) < 4.78 is 24.8. The van der Waals surface area contributed by atoms with E-state index in [1.54, 1.807) is 0 Å². The molecule has 0 spiro atoms. The fraction of sp³-hybridized carbons (Fsp3) is 0.143. The fourth-order valence-corrected chi connectivity index (χ4v) is 2.09. The Morgan fingerprint density at radius 3 is 2.57 bits per heavy atom. The van der Waals surface area contributed by atoms with Gasteiger partial charge in [-0.3, -0.25) is 4.79 Å². The van der Waals surface area contributed by atoms with E-state index in [1.807, 2.05) is 0 Å². The first-order chi connectivity index (χ1) is 6.43. The van der Waals surface area contributed by atoms with E-state index in [1.165, 1.54) is 0 Å². The highest BCUT2D eigenvalue weighted by atomic mass is 79.9. The van der Waals surface area contributed by atoms with E-state index in [4.69, 9.17) is 23.2 Å². The third-order valence-electron chi connectivity index (χ3n) is 1.41. The van der Waals surface area contributed by atoms with Crippen LogP contribution >= 0.6 is 39.1 Å². The second kappa shape index (κ2) is 4.51. The highest BCUT2D eigenvalue weighted by molar-refractivity contribution is 9.10. The van der Waals surface area contributed by atoms with Gasteiger partial charge >= 0.3 is 0 Å². The molecule has 1 heterocycles. The third-order valence-corrected chi connectivity index (χ3v) is 2.36. The first-order valence-corrected chi connectivity index (χ1v) is 4.82. The van der Waals surface area contributed by atoms with Gasteiger partial charge in [0.1, 0.15) is 9.76 Å². The van der Waals surface area contributed by atoms with E-state index in [0.717, 1.165) is 6.07 Å². The third kappa shape index (κ3) is 2.40. The largest absolute Gasteiger partial charge is 0.275 e. The molecule has 0 unspecified atom stereocenters. The molecule has 0 saturated heterocycles. The summed E-state index contributed by atoms with van der Waals surface area (Å²) in [5.74, 6) is 0. The van der Waals surface area contributed by atoms with Gasteiger partial charge in [-0.15, -0.1) is 0 Å². The normalized spacial score (nSPS) is 10.7. The highest BCUT2D eigenvalue weighted by Crippen LogP contribution is 2.30. The van der Waals surface area contributed by atoms with Crippen LogP contribution in [-0.2, 0) is 0 Å². The van der Waals surface area contributed by atoms with Gasteiger partial charge in [-0.05, 0) is 33.6 Å². The van der Waals surface area contributed by atoms with Gasteiger partial charge in [0, 0.05) is 5.56 Å². The van der Waals surface area contributed by atoms with Crippen LogP contribution < -0.4 is 0 Å². The van der Waals surface area contributed by atoms with Crippen molar-refractivity contribution in [3.63, 3.8) is 0 Å². The molecule has 0 aliphatic heterocycles. The highest BCUT2D eigenvalue weighted by Gasteiger charge is 2.21. The predicted molar refractivity (Wildman–Crippen MR) is 52.1 cm³/mol. The number of hydrogen-bond acceptors (Lipinski definition) is 2. The summed E-state index contributed by atoms with van der Waals surface area (Å²) in [4.78, 5) is 14.4. The quantitative estimate of drug-likeness (QED) is 0.614. The van der Waals surface area contributed by atoms with E-state index in [9.17, 15) is 13.6 Å². The number of aromatic nitrogens is 1. The Bertz CT molecular complexity index is 386. The lowest BCUT2D eigenvalue weighted by atomic mass is 10.1. The Balaban J connectivity index is 3.44. The number of nitrogens with zero attached hydrogens (tertiary/aromatic N) is 1. The van der Waals surface area contributed by atoms with Gasteiger partial charge in [0.15, 0.2) is 0 Å². The number of hydrogen-bond donors (Lipinski definition) is 0. The van der Waals surface area contributed by atoms with E-state index < -0.39 is 17.2 Å². The molecule has 0 aliphatic rings. The van der Waals surface area contributed by atoms with Gasteiger partial charge in [-0.1, -0.05) is 11.6 Å². The SMILES string of the molecule is O=C(Cl)c1c(C(F)F)cc(Cl)nc1Br. The lowest BCUT2D eigenvalue weighted by molar-refractivity contribution is 0.106. The zero-order chi connectivity index (χ0) is 10.9. The summed E-state index contributed by atoms with van der Waals surface area (Å²) in [5, 5.41) is -1.13. The molecule has 0 saturated carbocycles. The summed E-state index contributed by atoms with van der Waals surface area (Å²) in [5.41, 5.74) is -0.886. The van der Waals surface area contributed by atoms with Crippen LogP contribution in [0.15, 0.2) is 10.7 Å². The number of pyridine rings is 1. The summed E-state index contributed by atoms with van der Waals surface area (Å²) in [6.45, 7) is 0. The smallest absolute Gasteiger partial charge is 0.264 e. The maximum absolute atomic E-state index is 12.4. The molecule has 76 valence electrons. The molecule has 0 amide bonds. The molecular weight excluding hydrogens is 303 g/mol. The average molecular weight is 305 g/mol. The first-order valence-electron chi connectivity index (χ1n) is 3.27. The number of rotatable bonds is 2. The van der Waals surface area contributed by atoms with Crippen LogP contribution in [0.3, 0.4) is 0 Å². The van der Waals surface area contributed by atoms with Crippen LogP contribution in [0.4, 0.5) is 8.78 Å². The Hall–Kier alpha value is -0.260. The average Bonchev–Trinajstić information content (AvgIpc) is 2.01. The second-order valence-corrected chi connectivity index (χ2v) is 3.76. The Morgan fingerprint density at radius 2 is 2.14 bits per heavy atom. The van der Waals surface area contributed by atoms with Gasteiger partial charge in [0.25, 0.3) is 11.7 Å². The van der Waals surface area contributed by atoms with Crippen molar-refractivity contribution in [1.29, 1.82) is 0 Å². The Morgan fingerprint density at radius 1 is 1.57 bits per heavy atom. The number of halogens is 5. The van der Waals surface area contributed by atoms with Gasteiger partial charge in [0.05, 0.1) is 5.56 Å². The molecule has 0 atom stereocenters. The van der Waals surface area contributed by atoms with Crippen molar-refractivity contribution in [2.75, 3.05) is 0 Å². The van der Waals surface area contributed by atoms with Gasteiger partial charge in [-0.25, -0.2) is 13.8 Å². The van der Waals surface area contributed by atoms with E-state index in [2.05, 4.69) is 20.9 Å². The molecule has 0 aliphatic carbocycles. The molecule has 1 rings (SSSR count). The van der Waals surface area contributed by atoms with E-state index in [-0.39, 0.29) is 15.3 Å². The van der Waals surface area contributed by atoms with Crippen molar-refractivity contribution in [3.8, 4) is 0 Å². The Kier molecular flexibility index (Phi) is 3.80. The Labute approximate surface area is 96.3 Å². The molecule has 2 nitrogen and oxygen atoms in total. The monoisotopic (exact) mass is 303 g/mol. The molecule has 0 N–H and O–H groups in total. The van der Waals surface area contributed by atoms with Crippen LogP contribution in [0.1, 0.15) is 22.3 Å². The summed E-state index contributed by atoms with van der Waals surface area (Å²) in [7, 11) is 0. The molecule has 0 bridgehead atoms. The number of alkyl halides is 2. The lowest BCUT2D eigenvalue weighted by Crippen LogP contribution is -2.01. The topological polar surface area (TPSA) is 30.0 Å². The van der Waals surface area contributed by atoms with Crippen LogP contribution in [-0.4, -0.2) is 10.2 Å². The van der Waals surface area contributed by atoms with Crippen molar-refractivity contribution in [2.45, 2.75) is 6.43 Å². The molecule has 0 radical (unpaired) electrons. The van der Waals surface area contributed by atoms with Crippen LogP contribution in [0.5, 0.6) is 0 Å². The zero-order valence-corrected chi connectivity index (χ0v) is 9.50. The van der Waals surface area contributed by atoms with Crippen LogP contribution in [0.25, 0.3) is 0 Å². The van der Waals surface area contributed by atoms with Gasteiger partial charge in [-0.2, -0.15) is 0 Å². The van der Waals surface area contributed by atoms with Gasteiger partial charge in [0.2, 0.25) is 0 Å². The molecule has 0 aromatic carbocycles. The molecule has 1 aromatic rings. The predicted octanol–water partition coefficient (Wildman–Crippen LogP) is 3.81. The lowest BCUT2D eigenvalue weighted by Gasteiger charge is -2.06. The zero-order valence-electron chi connectivity index (χ0n) is 6.40. The van der Waals surface area contributed by atoms with Crippen molar-refractivity contribution >= 4 is 44.4 Å². The van der Waals surface area contributed by atoms with E-state index >= 15 is 0 Å². The van der Waals surface area contributed by atoms with Crippen molar-refractivity contribution in [1.82, 2.24) is 4.98 Å². The minimum absolute atomic E-state index is 0.0831. The maximum atomic E-state index is 12.4. The van der Waals surface area contributed by atoms with Gasteiger partial charge < -0.3 is 0 Å². The maximum Gasteiger partial charge on any atom is 0.264 e.